The Morgan fingerprint density at radius 3 is 2.63 bits per heavy atom. The number of phenols is 1. The number of carbonyl (C=O) groups is 1. The lowest BCUT2D eigenvalue weighted by Crippen LogP contribution is -2.32. The minimum Gasteiger partial charge on any atom is -0.506 e. The van der Waals surface area contributed by atoms with Crippen LogP contribution in [-0.4, -0.2) is 35.5 Å². The summed E-state index contributed by atoms with van der Waals surface area (Å²) in [6, 6.07) is 5.09. The lowest BCUT2D eigenvalue weighted by Gasteiger charge is -2.18. The average molecular weight is 285 g/mol. The second-order valence-corrected chi connectivity index (χ2v) is 4.69. The molecule has 0 saturated carbocycles. The van der Waals surface area contributed by atoms with Crippen LogP contribution < -0.4 is 5.32 Å². The third kappa shape index (κ3) is 5.09. The number of nitrogens with zero attached hydrogens (tertiary/aromatic N) is 1. The van der Waals surface area contributed by atoms with E-state index in [1.54, 1.807) is 18.2 Å². The molecule has 5 heteroatoms. The monoisotopic (exact) mass is 284 g/mol. The Bertz CT molecular complexity index is 420. The van der Waals surface area contributed by atoms with E-state index >= 15 is 0 Å². The van der Waals surface area contributed by atoms with Crippen LogP contribution in [0.15, 0.2) is 18.2 Å². The third-order valence-corrected chi connectivity index (χ3v) is 3.28. The Morgan fingerprint density at radius 2 is 2.05 bits per heavy atom. The van der Waals surface area contributed by atoms with Gasteiger partial charge in [-0.15, -0.1) is 0 Å². The number of carbonyl (C=O) groups excluding carboxylic acids is 1. The van der Waals surface area contributed by atoms with E-state index < -0.39 is 0 Å². The zero-order valence-electron chi connectivity index (χ0n) is 11.4. The van der Waals surface area contributed by atoms with Gasteiger partial charge in [0.25, 0.3) is 0 Å². The number of hydrogen-bond acceptors (Lipinski definition) is 3. The van der Waals surface area contributed by atoms with Crippen molar-refractivity contribution in [2.75, 3.05) is 19.6 Å². The fourth-order valence-corrected chi connectivity index (χ4v) is 2.03. The van der Waals surface area contributed by atoms with E-state index in [0.29, 0.717) is 24.5 Å². The molecule has 1 amide bonds. The van der Waals surface area contributed by atoms with E-state index in [1.165, 1.54) is 0 Å². The molecule has 0 bridgehead atoms. The van der Waals surface area contributed by atoms with Crippen LogP contribution >= 0.6 is 11.6 Å². The molecule has 1 aromatic carbocycles. The number of phenolic OH excluding ortho intramolecular Hbond substituents is 1. The summed E-state index contributed by atoms with van der Waals surface area (Å²) in [5.74, 6) is 0.253. The van der Waals surface area contributed by atoms with Crippen LogP contribution in [0.2, 0.25) is 5.02 Å². The summed E-state index contributed by atoms with van der Waals surface area (Å²) in [5, 5.41) is 12.8. The molecule has 1 aromatic rings. The van der Waals surface area contributed by atoms with Gasteiger partial charge in [0.2, 0.25) is 5.91 Å². The van der Waals surface area contributed by atoms with Gasteiger partial charge in [0.05, 0.1) is 5.02 Å². The highest BCUT2D eigenvalue weighted by atomic mass is 35.5. The third-order valence-electron chi connectivity index (χ3n) is 2.97. The Balaban J connectivity index is 2.31. The zero-order valence-corrected chi connectivity index (χ0v) is 12.2. The van der Waals surface area contributed by atoms with Crippen molar-refractivity contribution in [1.82, 2.24) is 10.2 Å². The lowest BCUT2D eigenvalue weighted by atomic mass is 10.2. The van der Waals surface area contributed by atoms with Gasteiger partial charge in [0.15, 0.2) is 0 Å². The van der Waals surface area contributed by atoms with Crippen LogP contribution in [0.1, 0.15) is 25.8 Å². The second-order valence-electron chi connectivity index (χ2n) is 4.28. The van der Waals surface area contributed by atoms with Crippen molar-refractivity contribution >= 4 is 17.5 Å². The number of amides is 1. The molecule has 1 rings (SSSR count). The van der Waals surface area contributed by atoms with Crippen LogP contribution in [0.25, 0.3) is 0 Å². The smallest absolute Gasteiger partial charge is 0.223 e. The molecular formula is C14H21ClN2O2. The number of rotatable bonds is 7. The van der Waals surface area contributed by atoms with Gasteiger partial charge in [-0.3, -0.25) is 4.79 Å². The highest BCUT2D eigenvalue weighted by molar-refractivity contribution is 6.32. The predicted octanol–water partition coefficient (Wildman–Crippen LogP) is 2.39. The van der Waals surface area contributed by atoms with Gasteiger partial charge in [0.1, 0.15) is 5.75 Å². The lowest BCUT2D eigenvalue weighted by molar-refractivity contribution is -0.130. The average Bonchev–Trinajstić information content (AvgIpc) is 2.40. The van der Waals surface area contributed by atoms with Crippen LogP contribution in [0.3, 0.4) is 0 Å². The first-order valence-corrected chi connectivity index (χ1v) is 6.92. The van der Waals surface area contributed by atoms with Crippen LogP contribution in [0, 0.1) is 0 Å². The number of halogens is 1. The van der Waals surface area contributed by atoms with E-state index in [9.17, 15) is 9.90 Å². The van der Waals surface area contributed by atoms with Gasteiger partial charge in [-0.2, -0.15) is 0 Å². The molecule has 0 aromatic heterocycles. The molecule has 0 heterocycles. The molecule has 19 heavy (non-hydrogen) atoms. The fraction of sp³-hybridized carbons (Fsp3) is 0.500. The second kappa shape index (κ2) is 8.02. The number of hydrogen-bond donors (Lipinski definition) is 2. The Kier molecular flexibility index (Phi) is 6.67. The summed E-state index contributed by atoms with van der Waals surface area (Å²) in [7, 11) is 0. The number of nitrogens with one attached hydrogen (secondary N) is 1. The van der Waals surface area contributed by atoms with E-state index in [0.717, 1.165) is 18.7 Å². The van der Waals surface area contributed by atoms with Gasteiger partial charge in [-0.05, 0) is 31.5 Å². The molecule has 0 aliphatic rings. The minimum atomic E-state index is 0.0853. The molecule has 0 radical (unpaired) electrons. The predicted molar refractivity (Wildman–Crippen MR) is 77.4 cm³/mol. The molecule has 4 nitrogen and oxygen atoms in total. The maximum Gasteiger partial charge on any atom is 0.223 e. The highest BCUT2D eigenvalue weighted by Gasteiger charge is 2.08. The summed E-state index contributed by atoms with van der Waals surface area (Å²) in [4.78, 5) is 13.6. The molecule has 0 aliphatic carbocycles. The summed E-state index contributed by atoms with van der Waals surface area (Å²) in [6.07, 6.45) is 0.494. The molecule has 0 fully saturated rings. The maximum absolute atomic E-state index is 11.7. The first kappa shape index (κ1) is 15.8. The van der Waals surface area contributed by atoms with Crippen molar-refractivity contribution < 1.29 is 9.90 Å². The van der Waals surface area contributed by atoms with Gasteiger partial charge in [0, 0.05) is 32.6 Å². The zero-order chi connectivity index (χ0) is 14.3. The first-order chi connectivity index (χ1) is 9.08. The van der Waals surface area contributed by atoms with E-state index in [2.05, 4.69) is 5.32 Å². The normalized spacial score (nSPS) is 10.5. The minimum absolute atomic E-state index is 0.0853. The molecule has 0 unspecified atom stereocenters. The first-order valence-electron chi connectivity index (χ1n) is 6.54. The van der Waals surface area contributed by atoms with Crippen molar-refractivity contribution in [1.29, 1.82) is 0 Å². The van der Waals surface area contributed by atoms with Crippen LogP contribution in [-0.2, 0) is 11.3 Å². The molecular weight excluding hydrogens is 264 g/mol. The molecule has 106 valence electrons. The van der Waals surface area contributed by atoms with E-state index in [-0.39, 0.29) is 11.7 Å². The largest absolute Gasteiger partial charge is 0.506 e. The van der Waals surface area contributed by atoms with Gasteiger partial charge >= 0.3 is 0 Å². The standard InChI is InChI=1S/C14H21ClN2O2/c1-3-17(4-2)14(19)7-8-16-10-11-5-6-13(18)12(15)9-11/h5-6,9,16,18H,3-4,7-8,10H2,1-2H3. The molecule has 0 spiro atoms. The maximum atomic E-state index is 11.7. The van der Waals surface area contributed by atoms with E-state index in [4.69, 9.17) is 11.6 Å². The SMILES string of the molecule is CCN(CC)C(=O)CCNCc1ccc(O)c(Cl)c1. The number of aromatic hydroxyl groups is 1. The van der Waals surface area contributed by atoms with E-state index in [1.807, 2.05) is 18.7 Å². The number of benzene rings is 1. The van der Waals surface area contributed by atoms with Crippen LogP contribution in [0.4, 0.5) is 0 Å². The van der Waals surface area contributed by atoms with Crippen molar-refractivity contribution in [2.45, 2.75) is 26.8 Å². The molecule has 2 N–H and O–H groups in total. The molecule has 0 saturated heterocycles. The Labute approximate surface area is 119 Å². The van der Waals surface area contributed by atoms with Gasteiger partial charge in [-0.1, -0.05) is 17.7 Å². The highest BCUT2D eigenvalue weighted by Crippen LogP contribution is 2.23. The van der Waals surface area contributed by atoms with Crippen molar-refractivity contribution in [3.63, 3.8) is 0 Å². The summed E-state index contributed by atoms with van der Waals surface area (Å²) in [6.45, 7) is 6.73. The van der Waals surface area contributed by atoms with Crippen LogP contribution in [0.5, 0.6) is 5.75 Å². The summed E-state index contributed by atoms with van der Waals surface area (Å²) < 4.78 is 0. The van der Waals surface area contributed by atoms with Gasteiger partial charge in [-0.25, -0.2) is 0 Å². The summed E-state index contributed by atoms with van der Waals surface area (Å²) in [5.41, 5.74) is 0.984. The molecule has 0 atom stereocenters. The summed E-state index contributed by atoms with van der Waals surface area (Å²) >= 11 is 5.82. The Morgan fingerprint density at radius 1 is 1.37 bits per heavy atom. The Hall–Kier alpha value is -1.26. The quantitative estimate of drug-likeness (QED) is 0.756. The van der Waals surface area contributed by atoms with Gasteiger partial charge < -0.3 is 15.3 Å². The molecule has 0 aliphatic heterocycles. The topological polar surface area (TPSA) is 52.6 Å². The fourth-order valence-electron chi connectivity index (χ4n) is 1.82. The van der Waals surface area contributed by atoms with Crippen molar-refractivity contribution in [3.8, 4) is 5.75 Å². The van der Waals surface area contributed by atoms with Crippen molar-refractivity contribution in [2.24, 2.45) is 0 Å². The van der Waals surface area contributed by atoms with Crippen molar-refractivity contribution in [3.05, 3.63) is 28.8 Å².